The van der Waals surface area contributed by atoms with Crippen molar-refractivity contribution in [2.45, 2.75) is 79.2 Å². The Hall–Kier alpha value is -2.71. The van der Waals surface area contributed by atoms with Gasteiger partial charge in [-0.05, 0) is 44.7 Å². The molecule has 1 aliphatic rings. The molecule has 3 aromatic rings. The Morgan fingerprint density at radius 2 is 2.00 bits per heavy atom. The zero-order valence-electron chi connectivity index (χ0n) is 20.8. The zero-order valence-corrected chi connectivity index (χ0v) is 21.6. The molecule has 1 aromatic carbocycles. The topological polar surface area (TPSA) is 80.0 Å². The predicted molar refractivity (Wildman–Crippen MR) is 132 cm³/mol. The number of benzene rings is 1. The summed E-state index contributed by atoms with van der Waals surface area (Å²) in [6, 6.07) is 3.91. The second kappa shape index (κ2) is 10.1. The average Bonchev–Trinajstić information content (AvgIpc) is 3.39. The number of aliphatic hydroxyl groups is 1. The number of carbonyl (C=O) groups excluding carboxylic acids is 1. The summed E-state index contributed by atoms with van der Waals surface area (Å²) in [6.07, 6.45) is 0.787. The zero-order chi connectivity index (χ0) is 25.4. The number of aliphatic hydroxyl groups excluding tert-OH is 1. The van der Waals surface area contributed by atoms with E-state index in [4.69, 9.17) is 16.3 Å². The number of fused-ring (bicyclic) bond motifs is 3. The fourth-order valence-electron chi connectivity index (χ4n) is 4.53. The summed E-state index contributed by atoms with van der Waals surface area (Å²) in [5, 5.41) is 15.9. The van der Waals surface area contributed by atoms with Gasteiger partial charge < -0.3 is 14.7 Å². The Morgan fingerprint density at radius 1 is 1.26 bits per heavy atom. The third-order valence-corrected chi connectivity index (χ3v) is 7.41. The first kappa shape index (κ1) is 25.4. The van der Waals surface area contributed by atoms with E-state index in [0.29, 0.717) is 48.2 Å². The van der Waals surface area contributed by atoms with Gasteiger partial charge >= 0.3 is 0 Å². The summed E-state index contributed by atoms with van der Waals surface area (Å²) in [6.45, 7) is 10.4. The van der Waals surface area contributed by atoms with E-state index in [1.54, 1.807) is 9.42 Å². The fourth-order valence-corrected chi connectivity index (χ4v) is 4.65. The standard InChI is InChI=1S/C26H32ClFN4O3/c1-6-14(3)10-21(33)22(7-2)35-23-11-17(28)8-9-18(23)26(34)31-12-19-20(13-31)30-32-16(5)24(27)15(4)29-25(19)32/h8-9,11,14,21-22,33H,6-7,10,12-13H2,1-5H3/t14?,21-,22-/m1/s1. The smallest absolute Gasteiger partial charge is 0.258 e. The maximum absolute atomic E-state index is 14.2. The van der Waals surface area contributed by atoms with Gasteiger partial charge in [-0.3, -0.25) is 4.79 Å². The van der Waals surface area contributed by atoms with E-state index in [-0.39, 0.29) is 17.2 Å². The van der Waals surface area contributed by atoms with Crippen LogP contribution in [0.15, 0.2) is 18.2 Å². The second-order valence-corrected chi connectivity index (χ2v) is 9.82. The maximum atomic E-state index is 14.2. The predicted octanol–water partition coefficient (Wildman–Crippen LogP) is 5.25. The van der Waals surface area contributed by atoms with Crippen molar-refractivity contribution in [1.82, 2.24) is 19.5 Å². The minimum Gasteiger partial charge on any atom is -0.487 e. The van der Waals surface area contributed by atoms with Gasteiger partial charge in [0.1, 0.15) is 17.7 Å². The van der Waals surface area contributed by atoms with Crippen LogP contribution in [0, 0.1) is 25.6 Å². The van der Waals surface area contributed by atoms with Crippen LogP contribution in [0.5, 0.6) is 5.75 Å². The molecule has 0 fully saturated rings. The number of aryl methyl sites for hydroxylation is 2. The molecule has 35 heavy (non-hydrogen) atoms. The van der Waals surface area contributed by atoms with Crippen LogP contribution in [-0.2, 0) is 13.1 Å². The van der Waals surface area contributed by atoms with Crippen molar-refractivity contribution in [2.75, 3.05) is 0 Å². The van der Waals surface area contributed by atoms with Crippen LogP contribution in [-0.4, -0.2) is 42.7 Å². The van der Waals surface area contributed by atoms with Crippen LogP contribution in [0.25, 0.3) is 5.65 Å². The number of aromatic nitrogens is 3. The molecule has 4 rings (SSSR count). The molecule has 7 nitrogen and oxygen atoms in total. The third-order valence-electron chi connectivity index (χ3n) is 6.87. The number of ether oxygens (including phenoxy) is 1. The number of amides is 1. The van der Waals surface area contributed by atoms with E-state index in [1.165, 1.54) is 18.2 Å². The Kier molecular flexibility index (Phi) is 7.33. The molecule has 1 unspecified atom stereocenters. The molecule has 1 aliphatic heterocycles. The van der Waals surface area contributed by atoms with Gasteiger partial charge in [-0.2, -0.15) is 5.10 Å². The van der Waals surface area contributed by atoms with Gasteiger partial charge in [-0.15, -0.1) is 0 Å². The molecular weight excluding hydrogens is 471 g/mol. The highest BCUT2D eigenvalue weighted by Crippen LogP contribution is 2.32. The molecule has 0 bridgehead atoms. The lowest BCUT2D eigenvalue weighted by Gasteiger charge is -2.26. The monoisotopic (exact) mass is 502 g/mol. The van der Waals surface area contributed by atoms with Crippen molar-refractivity contribution in [3.8, 4) is 5.75 Å². The molecule has 3 heterocycles. The average molecular weight is 503 g/mol. The number of nitrogens with zero attached hydrogens (tertiary/aromatic N) is 4. The van der Waals surface area contributed by atoms with E-state index in [0.717, 1.165) is 23.4 Å². The first-order valence-electron chi connectivity index (χ1n) is 12.1. The van der Waals surface area contributed by atoms with E-state index in [2.05, 4.69) is 23.9 Å². The Labute approximate surface area is 209 Å². The van der Waals surface area contributed by atoms with Gasteiger partial charge in [0.2, 0.25) is 0 Å². The van der Waals surface area contributed by atoms with Crippen LogP contribution in [0.4, 0.5) is 4.39 Å². The number of carbonyl (C=O) groups is 1. The van der Waals surface area contributed by atoms with E-state index in [1.807, 2.05) is 20.8 Å². The molecule has 1 N–H and O–H groups in total. The van der Waals surface area contributed by atoms with Crippen molar-refractivity contribution in [3.05, 3.63) is 57.2 Å². The molecule has 0 spiro atoms. The van der Waals surface area contributed by atoms with Gasteiger partial charge in [-0.1, -0.05) is 38.8 Å². The van der Waals surface area contributed by atoms with Crippen LogP contribution in [0.3, 0.4) is 0 Å². The van der Waals surface area contributed by atoms with Gasteiger partial charge in [0.15, 0.2) is 5.65 Å². The van der Waals surface area contributed by atoms with Crippen molar-refractivity contribution in [2.24, 2.45) is 5.92 Å². The van der Waals surface area contributed by atoms with E-state index < -0.39 is 18.0 Å². The molecule has 3 atom stereocenters. The van der Waals surface area contributed by atoms with Crippen molar-refractivity contribution in [1.29, 1.82) is 0 Å². The Balaban J connectivity index is 1.59. The number of hydrogen-bond acceptors (Lipinski definition) is 5. The fraction of sp³-hybridized carbons (Fsp3) is 0.500. The van der Waals surface area contributed by atoms with Crippen LogP contribution < -0.4 is 4.74 Å². The van der Waals surface area contributed by atoms with Crippen molar-refractivity contribution >= 4 is 23.2 Å². The lowest BCUT2D eigenvalue weighted by molar-refractivity contribution is 0.0185. The lowest BCUT2D eigenvalue weighted by atomic mass is 9.97. The summed E-state index contributed by atoms with van der Waals surface area (Å²) < 4.78 is 21.9. The summed E-state index contributed by atoms with van der Waals surface area (Å²) in [5.41, 5.74) is 4.09. The van der Waals surface area contributed by atoms with Gasteiger partial charge in [0.25, 0.3) is 5.91 Å². The first-order valence-corrected chi connectivity index (χ1v) is 12.5. The Morgan fingerprint density at radius 3 is 2.69 bits per heavy atom. The highest BCUT2D eigenvalue weighted by atomic mass is 35.5. The van der Waals surface area contributed by atoms with Crippen LogP contribution >= 0.6 is 11.6 Å². The lowest BCUT2D eigenvalue weighted by Crippen LogP contribution is -2.34. The SMILES string of the molecule is CCC(C)C[C@@H](O)[C@@H](CC)Oc1cc(F)ccc1C(=O)N1Cc2nn3c(C)c(Cl)c(C)nc3c2C1. The number of rotatable bonds is 8. The maximum Gasteiger partial charge on any atom is 0.258 e. The third kappa shape index (κ3) is 4.86. The molecule has 0 saturated carbocycles. The van der Waals surface area contributed by atoms with Crippen molar-refractivity contribution < 1.29 is 19.0 Å². The molecule has 188 valence electrons. The molecular formula is C26H32ClFN4O3. The highest BCUT2D eigenvalue weighted by Gasteiger charge is 2.32. The molecule has 0 aliphatic carbocycles. The molecule has 1 amide bonds. The Bertz CT molecular complexity index is 1260. The summed E-state index contributed by atoms with van der Waals surface area (Å²) in [5.74, 6) is -0.322. The molecule has 0 saturated heterocycles. The first-order chi connectivity index (χ1) is 16.6. The molecule has 9 heteroatoms. The van der Waals surface area contributed by atoms with Crippen LogP contribution in [0.1, 0.15) is 73.0 Å². The largest absolute Gasteiger partial charge is 0.487 e. The van der Waals surface area contributed by atoms with Gasteiger partial charge in [0, 0.05) is 11.6 Å². The van der Waals surface area contributed by atoms with Crippen molar-refractivity contribution in [3.63, 3.8) is 0 Å². The highest BCUT2D eigenvalue weighted by molar-refractivity contribution is 6.31. The molecule has 0 radical (unpaired) electrons. The number of hydrogen-bond donors (Lipinski definition) is 1. The molecule has 2 aromatic heterocycles. The quantitative estimate of drug-likeness (QED) is 0.455. The minimum atomic E-state index is -0.713. The summed E-state index contributed by atoms with van der Waals surface area (Å²) >= 11 is 6.33. The van der Waals surface area contributed by atoms with Crippen LogP contribution in [0.2, 0.25) is 5.02 Å². The minimum absolute atomic E-state index is 0.139. The van der Waals surface area contributed by atoms with E-state index in [9.17, 15) is 14.3 Å². The number of halogens is 2. The second-order valence-electron chi connectivity index (χ2n) is 9.44. The summed E-state index contributed by atoms with van der Waals surface area (Å²) in [7, 11) is 0. The van der Waals surface area contributed by atoms with E-state index >= 15 is 0 Å². The summed E-state index contributed by atoms with van der Waals surface area (Å²) in [4.78, 5) is 19.8. The van der Waals surface area contributed by atoms with Gasteiger partial charge in [0.05, 0.1) is 46.9 Å². The van der Waals surface area contributed by atoms with Gasteiger partial charge in [-0.25, -0.2) is 13.9 Å². The normalized spacial score (nSPS) is 15.8.